The van der Waals surface area contributed by atoms with Crippen LogP contribution in [0.5, 0.6) is 0 Å². The van der Waals surface area contributed by atoms with Gasteiger partial charge in [0.2, 0.25) is 0 Å². The average Bonchev–Trinajstić information content (AvgIpc) is 3.17. The number of aromatic nitrogens is 1. The number of hydrogen-bond donors (Lipinski definition) is 0. The van der Waals surface area contributed by atoms with E-state index in [1.54, 1.807) is 0 Å². The summed E-state index contributed by atoms with van der Waals surface area (Å²) in [5, 5.41) is 3.74. The molecule has 0 saturated heterocycles. The second-order valence-electron chi connectivity index (χ2n) is 9.60. The van der Waals surface area contributed by atoms with Gasteiger partial charge >= 0.3 is 0 Å². The minimum absolute atomic E-state index is 0.0326. The van der Waals surface area contributed by atoms with Crippen LogP contribution in [0.25, 0.3) is 44.3 Å². The topological polar surface area (TPSA) is 26.0 Å². The number of benzene rings is 3. The lowest BCUT2D eigenvalue weighted by atomic mass is 9.82. The Hall–Kier alpha value is -3.39. The third-order valence-corrected chi connectivity index (χ3v) is 6.56. The Labute approximate surface area is 182 Å². The number of furan rings is 1. The summed E-state index contributed by atoms with van der Waals surface area (Å²) in [6, 6.07) is 23.9. The van der Waals surface area contributed by atoms with Gasteiger partial charge in [-0.2, -0.15) is 0 Å². The largest absolute Gasteiger partial charge is 0.453 e. The van der Waals surface area contributed by atoms with Crippen LogP contribution < -0.4 is 0 Å². The lowest BCUT2D eigenvalue weighted by Gasteiger charge is -2.22. The highest BCUT2D eigenvalue weighted by atomic mass is 16.3. The predicted molar refractivity (Wildman–Crippen MR) is 128 cm³/mol. The summed E-state index contributed by atoms with van der Waals surface area (Å²) in [7, 11) is 0. The van der Waals surface area contributed by atoms with E-state index in [9.17, 15) is 0 Å². The van der Waals surface area contributed by atoms with Crippen LogP contribution in [0.1, 0.15) is 37.5 Å². The van der Waals surface area contributed by atoms with Crippen LogP contribution in [0.15, 0.2) is 77.3 Å². The van der Waals surface area contributed by atoms with E-state index in [1.807, 2.05) is 6.20 Å². The second-order valence-corrected chi connectivity index (χ2v) is 9.60. The number of pyridine rings is 1. The maximum Gasteiger partial charge on any atom is 0.161 e. The molecule has 0 saturated carbocycles. The molecule has 0 bridgehead atoms. The molecule has 2 aromatic heterocycles. The van der Waals surface area contributed by atoms with Gasteiger partial charge in [0, 0.05) is 28.3 Å². The molecular formula is C29H25NO. The van der Waals surface area contributed by atoms with Gasteiger partial charge in [-0.3, -0.25) is 4.98 Å². The van der Waals surface area contributed by atoms with E-state index in [2.05, 4.69) is 87.5 Å². The monoisotopic (exact) mass is 403 g/mol. The highest BCUT2D eigenvalue weighted by Crippen LogP contribution is 2.43. The molecule has 0 unspecified atom stereocenters. The minimum Gasteiger partial charge on any atom is -0.453 e. The van der Waals surface area contributed by atoms with Crippen molar-refractivity contribution in [2.75, 3.05) is 0 Å². The zero-order valence-corrected chi connectivity index (χ0v) is 18.2. The first-order valence-corrected chi connectivity index (χ1v) is 11.0. The summed E-state index contributed by atoms with van der Waals surface area (Å²) >= 11 is 0. The van der Waals surface area contributed by atoms with Crippen LogP contribution in [-0.2, 0) is 18.3 Å². The third-order valence-electron chi connectivity index (χ3n) is 6.56. The maximum atomic E-state index is 6.58. The van der Waals surface area contributed by atoms with Crippen molar-refractivity contribution in [1.29, 1.82) is 0 Å². The molecule has 0 N–H and O–H groups in total. The second kappa shape index (κ2) is 6.55. The van der Waals surface area contributed by atoms with Gasteiger partial charge < -0.3 is 4.42 Å². The Bertz CT molecular complexity index is 1470. The fourth-order valence-electron chi connectivity index (χ4n) is 5.03. The van der Waals surface area contributed by atoms with Gasteiger partial charge in [-0.05, 0) is 58.4 Å². The summed E-state index contributed by atoms with van der Waals surface area (Å²) < 4.78 is 6.58. The molecule has 1 aliphatic rings. The third kappa shape index (κ3) is 2.82. The van der Waals surface area contributed by atoms with E-state index in [-0.39, 0.29) is 5.41 Å². The lowest BCUT2D eigenvalue weighted by molar-refractivity contribution is 0.596. The van der Waals surface area contributed by atoms with Crippen molar-refractivity contribution in [3.8, 4) is 22.6 Å². The fraction of sp³-hybridized carbons (Fsp3) is 0.207. The molecule has 5 aromatic rings. The number of aryl methyl sites for hydroxylation is 2. The van der Waals surface area contributed by atoms with Gasteiger partial charge in [0.25, 0.3) is 0 Å². The molecule has 2 heterocycles. The van der Waals surface area contributed by atoms with Crippen LogP contribution >= 0.6 is 0 Å². The molecular weight excluding hydrogens is 378 g/mol. The first-order valence-electron chi connectivity index (χ1n) is 11.0. The van der Waals surface area contributed by atoms with Crippen LogP contribution in [0.4, 0.5) is 0 Å². The van der Waals surface area contributed by atoms with Crippen molar-refractivity contribution in [3.63, 3.8) is 0 Å². The lowest BCUT2D eigenvalue weighted by Crippen LogP contribution is -2.12. The summed E-state index contributed by atoms with van der Waals surface area (Å²) in [4.78, 5) is 4.81. The molecule has 2 heteroatoms. The Morgan fingerprint density at radius 1 is 0.839 bits per heavy atom. The molecule has 0 fully saturated rings. The molecule has 0 aliphatic heterocycles. The van der Waals surface area contributed by atoms with E-state index >= 15 is 0 Å². The number of nitrogens with zero attached hydrogens (tertiary/aromatic N) is 1. The van der Waals surface area contributed by atoms with Crippen molar-refractivity contribution in [2.24, 2.45) is 0 Å². The quantitative estimate of drug-likeness (QED) is 0.286. The molecule has 1 aliphatic carbocycles. The van der Waals surface area contributed by atoms with E-state index in [1.165, 1.54) is 38.4 Å². The van der Waals surface area contributed by atoms with Crippen molar-refractivity contribution in [2.45, 2.75) is 39.0 Å². The normalized spacial score (nSPS) is 13.4. The molecule has 0 amide bonds. The first-order chi connectivity index (χ1) is 15.0. The molecule has 152 valence electrons. The van der Waals surface area contributed by atoms with Gasteiger partial charge in [-0.15, -0.1) is 0 Å². The Kier molecular flexibility index (Phi) is 3.89. The van der Waals surface area contributed by atoms with Gasteiger partial charge in [0.05, 0.1) is 0 Å². The Morgan fingerprint density at radius 2 is 1.65 bits per heavy atom. The van der Waals surface area contributed by atoms with Crippen LogP contribution in [0.2, 0.25) is 0 Å². The van der Waals surface area contributed by atoms with Gasteiger partial charge in [0.15, 0.2) is 5.58 Å². The summed E-state index contributed by atoms with van der Waals surface area (Å²) in [6.07, 6.45) is 3.99. The molecule has 0 spiro atoms. The molecule has 6 rings (SSSR count). The summed E-state index contributed by atoms with van der Waals surface area (Å²) in [6.45, 7) is 6.82. The fourth-order valence-corrected chi connectivity index (χ4v) is 5.03. The maximum absolute atomic E-state index is 6.58. The highest BCUT2D eigenvalue weighted by molar-refractivity contribution is 5.99. The summed E-state index contributed by atoms with van der Waals surface area (Å²) in [5.74, 6) is 1.02. The number of fused-ring (bicyclic) bond motifs is 6. The van der Waals surface area contributed by atoms with Gasteiger partial charge in [0.1, 0.15) is 11.5 Å². The van der Waals surface area contributed by atoms with E-state index in [4.69, 9.17) is 9.40 Å². The van der Waals surface area contributed by atoms with E-state index in [0.717, 1.165) is 35.4 Å². The van der Waals surface area contributed by atoms with Crippen LogP contribution in [0, 0.1) is 0 Å². The van der Waals surface area contributed by atoms with Crippen LogP contribution in [0.3, 0.4) is 0 Å². The molecule has 0 atom stereocenters. The van der Waals surface area contributed by atoms with Gasteiger partial charge in [-0.25, -0.2) is 0 Å². The standard InChI is InChI=1S/C29H25NO/c1-29(2,3)25-17-20(16-19-9-5-6-10-21(19)25)26-28-24(14-15-30-26)23-13-12-18-8-4-7-11-22(18)27(23)31-28/h4-11,14-17H,12-13H2,1-3H3. The molecule has 3 aromatic carbocycles. The van der Waals surface area contributed by atoms with Crippen molar-refractivity contribution in [3.05, 3.63) is 89.6 Å². The SMILES string of the molecule is CC(C)(C)c1cc(-c2nccc3c4c(oc23)-c2ccccc2CC4)cc2ccccc12. The predicted octanol–water partition coefficient (Wildman–Crippen LogP) is 7.71. The Balaban J connectivity index is 1.64. The van der Waals surface area contributed by atoms with E-state index in [0.29, 0.717) is 0 Å². The minimum atomic E-state index is 0.0326. The molecule has 0 radical (unpaired) electrons. The number of hydrogen-bond acceptors (Lipinski definition) is 2. The van der Waals surface area contributed by atoms with Gasteiger partial charge in [-0.1, -0.05) is 69.3 Å². The smallest absolute Gasteiger partial charge is 0.161 e. The zero-order chi connectivity index (χ0) is 21.2. The number of rotatable bonds is 1. The highest BCUT2D eigenvalue weighted by Gasteiger charge is 2.25. The first kappa shape index (κ1) is 18.4. The molecule has 2 nitrogen and oxygen atoms in total. The average molecular weight is 404 g/mol. The van der Waals surface area contributed by atoms with Crippen molar-refractivity contribution in [1.82, 2.24) is 4.98 Å². The van der Waals surface area contributed by atoms with Crippen molar-refractivity contribution < 1.29 is 4.42 Å². The van der Waals surface area contributed by atoms with Crippen molar-refractivity contribution >= 4 is 21.7 Å². The van der Waals surface area contributed by atoms with E-state index < -0.39 is 0 Å². The Morgan fingerprint density at radius 3 is 2.52 bits per heavy atom. The zero-order valence-electron chi connectivity index (χ0n) is 18.2. The summed E-state index contributed by atoms with van der Waals surface area (Å²) in [5.41, 5.74) is 8.22. The molecule has 31 heavy (non-hydrogen) atoms. The van der Waals surface area contributed by atoms with Crippen LogP contribution in [-0.4, -0.2) is 4.98 Å².